The van der Waals surface area contributed by atoms with Gasteiger partial charge in [-0.1, -0.05) is 81.5 Å². The van der Waals surface area contributed by atoms with Gasteiger partial charge in [0.05, 0.1) is 25.0 Å². The van der Waals surface area contributed by atoms with Crippen molar-refractivity contribution in [2.75, 3.05) is 13.2 Å². The first kappa shape index (κ1) is 33.0. The van der Waals surface area contributed by atoms with Crippen LogP contribution in [0, 0.1) is 17.8 Å². The Balaban J connectivity index is 1.20. The van der Waals surface area contributed by atoms with Crippen molar-refractivity contribution < 1.29 is 38.4 Å². The van der Waals surface area contributed by atoms with Gasteiger partial charge >= 0.3 is 5.97 Å². The summed E-state index contributed by atoms with van der Waals surface area (Å²) in [6.45, 7) is 12.9. The van der Waals surface area contributed by atoms with Crippen LogP contribution in [0.15, 0.2) is 90.0 Å². The van der Waals surface area contributed by atoms with Gasteiger partial charge in [-0.3, -0.25) is 9.59 Å². The van der Waals surface area contributed by atoms with Crippen LogP contribution in [0.1, 0.15) is 64.5 Å². The number of Topliss-reactive ketones (excluding diaryl/α,β-unsaturated/α-hetero) is 1. The van der Waals surface area contributed by atoms with Crippen molar-refractivity contribution in [2.24, 2.45) is 17.8 Å². The molecule has 1 saturated carbocycles. The highest BCUT2D eigenvalue weighted by Crippen LogP contribution is 2.68. The lowest BCUT2D eigenvalue weighted by Crippen LogP contribution is -2.70. The highest BCUT2D eigenvalue weighted by Gasteiger charge is 2.79. The van der Waals surface area contributed by atoms with Gasteiger partial charge in [0.25, 0.3) is 5.97 Å². The summed E-state index contributed by atoms with van der Waals surface area (Å²) in [6, 6.07) is 17.4. The second kappa shape index (κ2) is 12.1. The van der Waals surface area contributed by atoms with Crippen molar-refractivity contribution in [3.8, 4) is 5.75 Å². The van der Waals surface area contributed by atoms with Gasteiger partial charge in [-0.15, -0.1) is 0 Å². The molecule has 7 rings (SSSR count). The van der Waals surface area contributed by atoms with Crippen molar-refractivity contribution in [3.05, 3.63) is 101 Å². The molecule has 8 heteroatoms. The van der Waals surface area contributed by atoms with Crippen molar-refractivity contribution >= 4 is 11.8 Å². The highest BCUT2D eigenvalue weighted by atomic mass is 16.9. The summed E-state index contributed by atoms with van der Waals surface area (Å²) in [7, 11) is 0. The van der Waals surface area contributed by atoms with E-state index in [-0.39, 0.29) is 31.1 Å². The number of benzene rings is 2. The molecule has 3 bridgehead atoms. The van der Waals surface area contributed by atoms with Crippen molar-refractivity contribution in [2.45, 2.75) is 95.1 Å². The van der Waals surface area contributed by atoms with Crippen LogP contribution in [-0.2, 0) is 41.4 Å². The lowest BCUT2D eigenvalue weighted by Gasteiger charge is -2.59. The number of carbonyl (C=O) groups is 2. The average Bonchev–Trinajstić information content (AvgIpc) is 3.36. The fraction of sp³-hybridized carbons (Fsp3) is 0.500. The third-order valence-corrected chi connectivity index (χ3v) is 11.2. The average molecular weight is 655 g/mol. The van der Waals surface area contributed by atoms with Crippen molar-refractivity contribution in [3.63, 3.8) is 0 Å². The monoisotopic (exact) mass is 654 g/mol. The molecule has 0 amide bonds. The Bertz CT molecular complexity index is 1660. The van der Waals surface area contributed by atoms with Gasteiger partial charge in [0.15, 0.2) is 5.78 Å². The predicted molar refractivity (Wildman–Crippen MR) is 179 cm³/mol. The molecule has 8 unspecified atom stereocenters. The van der Waals surface area contributed by atoms with Crippen molar-refractivity contribution in [1.82, 2.24) is 0 Å². The van der Waals surface area contributed by atoms with Crippen LogP contribution in [0.5, 0.6) is 5.75 Å². The number of carbonyl (C=O) groups excluding carboxylic acids is 2. The Morgan fingerprint density at radius 1 is 1.06 bits per heavy atom. The summed E-state index contributed by atoms with van der Waals surface area (Å²) >= 11 is 0. The molecule has 48 heavy (non-hydrogen) atoms. The molecule has 0 aromatic heterocycles. The first-order chi connectivity index (χ1) is 22.9. The first-order valence-corrected chi connectivity index (χ1v) is 17.3. The SMILES string of the molecule is C=C(C)C12CC(C)C34OC(Cc5ccccc5)(OC1C3C=C(COC(=O)Cc1ccc(OCCCC)cc1)CC1(O)C(=O)C(C)=CC14)O2. The Hall–Kier alpha value is -3.56. The molecule has 8 atom stereocenters. The Morgan fingerprint density at radius 2 is 1.81 bits per heavy atom. The number of aliphatic hydroxyl groups is 1. The fourth-order valence-electron chi connectivity index (χ4n) is 8.92. The number of hydrogen-bond acceptors (Lipinski definition) is 8. The van der Waals surface area contributed by atoms with Gasteiger partial charge in [0, 0.05) is 18.3 Å². The Labute approximate surface area is 282 Å². The normalized spacial score (nSPS) is 36.1. The van der Waals surface area contributed by atoms with Gasteiger partial charge in [-0.2, -0.15) is 0 Å². The van der Waals surface area contributed by atoms with E-state index in [1.807, 2.05) is 73.7 Å². The van der Waals surface area contributed by atoms with Crippen LogP contribution in [0.25, 0.3) is 0 Å². The van der Waals surface area contributed by atoms with Gasteiger partial charge in [-0.05, 0) is 72.6 Å². The number of fused-ring (bicyclic) bond motifs is 2. The number of esters is 1. The molecular formula is C40H46O8. The van der Waals surface area contributed by atoms with Gasteiger partial charge in [0.1, 0.15) is 29.7 Å². The molecule has 2 saturated heterocycles. The summed E-state index contributed by atoms with van der Waals surface area (Å²) in [5, 5.41) is 12.4. The van der Waals surface area contributed by atoms with Crippen LogP contribution in [0.4, 0.5) is 0 Å². The van der Waals surface area contributed by atoms with Crippen LogP contribution >= 0.6 is 0 Å². The second-order valence-electron chi connectivity index (χ2n) is 14.5. The van der Waals surface area contributed by atoms with E-state index in [4.69, 9.17) is 23.7 Å². The largest absolute Gasteiger partial charge is 0.494 e. The molecule has 0 spiro atoms. The summed E-state index contributed by atoms with van der Waals surface area (Å²) in [4.78, 5) is 26.9. The van der Waals surface area contributed by atoms with Gasteiger partial charge < -0.3 is 28.8 Å². The van der Waals surface area contributed by atoms with E-state index in [2.05, 4.69) is 20.4 Å². The van der Waals surface area contributed by atoms with Crippen molar-refractivity contribution in [1.29, 1.82) is 0 Å². The van der Waals surface area contributed by atoms with Gasteiger partial charge in [-0.25, -0.2) is 0 Å². The number of ether oxygens (including phenoxy) is 5. The van der Waals surface area contributed by atoms with Gasteiger partial charge in [0.2, 0.25) is 0 Å². The number of ketones is 1. The first-order valence-electron chi connectivity index (χ1n) is 17.3. The molecule has 254 valence electrons. The standard InChI is InChI=1S/C40H46O8/c1-6-7-17-44-31-15-13-28(14-16-31)20-34(41)45-24-30-19-32-36-38(25(2)3)21-27(5)40(32,33-18-26(4)35(42)37(33,43)22-30)48-39(46-36,47-38)23-29-11-9-8-10-12-29/h8-16,18-19,27,32-33,36,43H,2,6-7,17,20-24H2,1,3-5H3. The predicted octanol–water partition coefficient (Wildman–Crippen LogP) is 6.21. The fourth-order valence-corrected chi connectivity index (χ4v) is 8.92. The lowest BCUT2D eigenvalue weighted by molar-refractivity contribution is -0.421. The van der Waals surface area contributed by atoms with Crippen LogP contribution in [-0.4, -0.2) is 59.0 Å². The molecule has 0 radical (unpaired) electrons. The summed E-state index contributed by atoms with van der Waals surface area (Å²) in [5.41, 5.74) is 0.144. The van der Waals surface area contributed by atoms with E-state index >= 15 is 0 Å². The highest BCUT2D eigenvalue weighted by molar-refractivity contribution is 6.04. The number of unbranched alkanes of at least 4 members (excludes halogenated alkanes) is 1. The Kier molecular flexibility index (Phi) is 8.30. The molecular weight excluding hydrogens is 608 g/mol. The quantitative estimate of drug-likeness (QED) is 0.174. The van der Waals surface area contributed by atoms with E-state index in [1.165, 1.54) is 0 Å². The molecule has 3 aliphatic carbocycles. The topological polar surface area (TPSA) is 101 Å². The molecule has 2 aromatic rings. The zero-order valence-electron chi connectivity index (χ0n) is 28.3. The zero-order valence-corrected chi connectivity index (χ0v) is 28.3. The van der Waals surface area contributed by atoms with Crippen LogP contribution in [0.3, 0.4) is 0 Å². The maximum atomic E-state index is 13.8. The third-order valence-electron chi connectivity index (χ3n) is 11.2. The molecule has 2 aliphatic heterocycles. The number of hydrogen-bond donors (Lipinski definition) is 1. The second-order valence-corrected chi connectivity index (χ2v) is 14.5. The van der Waals surface area contributed by atoms with E-state index in [9.17, 15) is 14.7 Å². The lowest BCUT2D eigenvalue weighted by atomic mass is 9.55. The Morgan fingerprint density at radius 3 is 2.52 bits per heavy atom. The summed E-state index contributed by atoms with van der Waals surface area (Å²) < 4.78 is 32.5. The third kappa shape index (κ3) is 5.20. The number of rotatable bonds is 11. The van der Waals surface area contributed by atoms with E-state index < -0.39 is 46.7 Å². The molecule has 2 aromatic carbocycles. The molecule has 8 nitrogen and oxygen atoms in total. The maximum absolute atomic E-state index is 13.8. The van der Waals surface area contributed by atoms with Crippen LogP contribution < -0.4 is 4.74 Å². The van der Waals surface area contributed by atoms with E-state index in [1.54, 1.807) is 6.92 Å². The maximum Gasteiger partial charge on any atom is 0.310 e. The van der Waals surface area contributed by atoms with Crippen LogP contribution in [0.2, 0.25) is 0 Å². The zero-order chi connectivity index (χ0) is 33.9. The molecule has 2 heterocycles. The molecule has 1 N–H and O–H groups in total. The minimum absolute atomic E-state index is 0.0229. The van der Waals surface area contributed by atoms with E-state index in [0.717, 1.165) is 35.3 Å². The minimum atomic E-state index is -1.77. The molecule has 3 fully saturated rings. The molecule has 5 aliphatic rings. The minimum Gasteiger partial charge on any atom is -0.494 e. The summed E-state index contributed by atoms with van der Waals surface area (Å²) in [5.74, 6) is -2.61. The summed E-state index contributed by atoms with van der Waals surface area (Å²) in [6.07, 6.45) is 6.48. The van der Waals surface area contributed by atoms with E-state index in [0.29, 0.717) is 30.6 Å². The smallest absolute Gasteiger partial charge is 0.310 e.